The normalized spacial score (nSPS) is 14.2. The third kappa shape index (κ3) is 3.17. The van der Waals surface area contributed by atoms with Crippen molar-refractivity contribution in [1.29, 1.82) is 0 Å². The van der Waals surface area contributed by atoms with Gasteiger partial charge in [0.1, 0.15) is 11.4 Å². The van der Waals surface area contributed by atoms with Crippen molar-refractivity contribution in [3.63, 3.8) is 0 Å². The minimum absolute atomic E-state index is 0.0420. The number of ether oxygens (including phenoxy) is 1. The number of nitrogens with one attached hydrogen (secondary N) is 1. The lowest BCUT2D eigenvalue weighted by Crippen LogP contribution is -2.33. The highest BCUT2D eigenvalue weighted by Crippen LogP contribution is 2.28. The molecule has 1 amide bonds. The van der Waals surface area contributed by atoms with Gasteiger partial charge in [-0.2, -0.15) is 0 Å². The first-order chi connectivity index (χ1) is 9.61. The van der Waals surface area contributed by atoms with Gasteiger partial charge in [-0.25, -0.2) is 0 Å². The van der Waals surface area contributed by atoms with Crippen LogP contribution in [-0.2, 0) is 4.79 Å². The average Bonchev–Trinajstić information content (AvgIpc) is 2.98. The molecule has 7 nitrogen and oxygen atoms in total. The fraction of sp³-hybridized carbons (Fsp3) is 0.462. The molecule has 1 aromatic rings. The van der Waals surface area contributed by atoms with Crippen LogP contribution in [0.15, 0.2) is 18.2 Å². The maximum Gasteiger partial charge on any atom is 0.292 e. The van der Waals surface area contributed by atoms with Crippen molar-refractivity contribution in [2.24, 2.45) is 0 Å². The first-order valence-electron chi connectivity index (χ1n) is 6.46. The summed E-state index contributed by atoms with van der Waals surface area (Å²) in [4.78, 5) is 24.1. The number of carbonyl (C=O) groups excluding carboxylic acids is 1. The van der Waals surface area contributed by atoms with Gasteiger partial charge in [0.25, 0.3) is 5.69 Å². The predicted molar refractivity (Wildman–Crippen MR) is 74.0 cm³/mol. The van der Waals surface area contributed by atoms with Gasteiger partial charge in [0, 0.05) is 25.2 Å². The summed E-state index contributed by atoms with van der Waals surface area (Å²) in [5.74, 6) is 0.464. The number of anilines is 1. The zero-order valence-electron chi connectivity index (χ0n) is 11.3. The molecule has 7 heteroatoms. The fourth-order valence-electron chi connectivity index (χ4n) is 2.19. The number of benzene rings is 1. The largest absolute Gasteiger partial charge is 0.497 e. The van der Waals surface area contributed by atoms with Gasteiger partial charge in [0.2, 0.25) is 5.91 Å². The molecule has 1 heterocycles. The minimum atomic E-state index is -0.484. The molecule has 0 aliphatic carbocycles. The van der Waals surface area contributed by atoms with Gasteiger partial charge in [-0.05, 0) is 18.9 Å². The predicted octanol–water partition coefficient (Wildman–Crippen LogP) is 1.64. The van der Waals surface area contributed by atoms with Crippen LogP contribution in [0.4, 0.5) is 11.4 Å². The van der Waals surface area contributed by atoms with Crippen LogP contribution in [0.3, 0.4) is 0 Å². The molecular weight excluding hydrogens is 262 g/mol. The van der Waals surface area contributed by atoms with E-state index in [1.807, 2.05) is 0 Å². The van der Waals surface area contributed by atoms with Crippen LogP contribution >= 0.6 is 0 Å². The molecule has 108 valence electrons. The van der Waals surface area contributed by atoms with Crippen molar-refractivity contribution in [3.8, 4) is 5.75 Å². The highest BCUT2D eigenvalue weighted by molar-refractivity contribution is 5.82. The van der Waals surface area contributed by atoms with Crippen molar-refractivity contribution in [1.82, 2.24) is 4.90 Å². The summed E-state index contributed by atoms with van der Waals surface area (Å²) in [6.45, 7) is 1.58. The van der Waals surface area contributed by atoms with E-state index in [0.717, 1.165) is 25.9 Å². The van der Waals surface area contributed by atoms with Gasteiger partial charge in [0.05, 0.1) is 18.6 Å². The number of nitro groups is 1. The molecule has 0 bridgehead atoms. The molecular formula is C13H17N3O4. The zero-order chi connectivity index (χ0) is 14.5. The number of rotatable bonds is 5. The highest BCUT2D eigenvalue weighted by atomic mass is 16.6. The third-order valence-electron chi connectivity index (χ3n) is 3.29. The van der Waals surface area contributed by atoms with Crippen molar-refractivity contribution in [3.05, 3.63) is 28.3 Å². The summed E-state index contributed by atoms with van der Waals surface area (Å²) in [5, 5.41) is 13.8. The first kappa shape index (κ1) is 14.1. The number of carbonyl (C=O) groups is 1. The second kappa shape index (κ2) is 6.23. The number of nitrogens with zero attached hydrogens (tertiary/aromatic N) is 2. The Balaban J connectivity index is 2.06. The quantitative estimate of drug-likeness (QED) is 0.654. The van der Waals surface area contributed by atoms with Gasteiger partial charge in [-0.3, -0.25) is 14.9 Å². The average molecular weight is 279 g/mol. The van der Waals surface area contributed by atoms with Crippen molar-refractivity contribution in [2.45, 2.75) is 12.8 Å². The van der Waals surface area contributed by atoms with E-state index in [1.54, 1.807) is 4.90 Å². The van der Waals surface area contributed by atoms with Crippen LogP contribution in [0, 0.1) is 10.1 Å². The van der Waals surface area contributed by atoms with E-state index in [4.69, 9.17) is 4.74 Å². The van der Waals surface area contributed by atoms with Gasteiger partial charge < -0.3 is 15.0 Å². The molecule has 0 atom stereocenters. The van der Waals surface area contributed by atoms with Gasteiger partial charge >= 0.3 is 0 Å². The summed E-state index contributed by atoms with van der Waals surface area (Å²) in [6.07, 6.45) is 2.04. The van der Waals surface area contributed by atoms with Crippen LogP contribution < -0.4 is 10.1 Å². The topological polar surface area (TPSA) is 84.7 Å². The number of amides is 1. The lowest BCUT2D eigenvalue weighted by Gasteiger charge is -2.16. The summed E-state index contributed by atoms with van der Waals surface area (Å²) in [7, 11) is 1.49. The van der Waals surface area contributed by atoms with Crippen LogP contribution in [0.25, 0.3) is 0 Å². The fourth-order valence-corrected chi connectivity index (χ4v) is 2.19. The lowest BCUT2D eigenvalue weighted by molar-refractivity contribution is -0.384. The van der Waals surface area contributed by atoms with Gasteiger partial charge in [-0.15, -0.1) is 0 Å². The summed E-state index contributed by atoms with van der Waals surface area (Å²) in [6, 6.07) is 4.41. The Hall–Kier alpha value is -2.31. The van der Waals surface area contributed by atoms with Crippen LogP contribution in [0.5, 0.6) is 5.75 Å². The molecule has 0 unspecified atom stereocenters. The molecule has 2 rings (SSSR count). The molecule has 0 aromatic heterocycles. The third-order valence-corrected chi connectivity index (χ3v) is 3.29. The van der Waals surface area contributed by atoms with Crippen LogP contribution in [0.1, 0.15) is 12.8 Å². The zero-order valence-corrected chi connectivity index (χ0v) is 11.3. The molecule has 1 aromatic carbocycles. The maximum atomic E-state index is 11.9. The summed E-state index contributed by atoms with van der Waals surface area (Å²) < 4.78 is 5.04. The molecule has 1 aliphatic rings. The SMILES string of the molecule is COc1ccc([N+](=O)[O-])c(NCC(=O)N2CCCC2)c1. The van der Waals surface area contributed by atoms with E-state index in [0.29, 0.717) is 11.4 Å². The maximum absolute atomic E-state index is 11.9. The Morgan fingerprint density at radius 2 is 2.15 bits per heavy atom. The van der Waals surface area contributed by atoms with E-state index >= 15 is 0 Å². The Morgan fingerprint density at radius 3 is 2.75 bits per heavy atom. The summed E-state index contributed by atoms with van der Waals surface area (Å²) >= 11 is 0. The summed E-state index contributed by atoms with van der Waals surface area (Å²) in [5.41, 5.74) is 0.224. The van der Waals surface area contributed by atoms with Crippen molar-refractivity contribution >= 4 is 17.3 Å². The number of methoxy groups -OCH3 is 1. The van der Waals surface area contributed by atoms with E-state index in [-0.39, 0.29) is 18.1 Å². The molecule has 1 saturated heterocycles. The first-order valence-corrected chi connectivity index (χ1v) is 6.46. The number of hydrogen-bond donors (Lipinski definition) is 1. The van der Waals surface area contributed by atoms with Crippen LogP contribution in [0.2, 0.25) is 0 Å². The van der Waals surface area contributed by atoms with Gasteiger partial charge in [0.15, 0.2) is 0 Å². The lowest BCUT2D eigenvalue weighted by atomic mass is 10.2. The molecule has 1 fully saturated rings. The van der Waals surface area contributed by atoms with E-state index < -0.39 is 4.92 Å². The van der Waals surface area contributed by atoms with Crippen molar-refractivity contribution in [2.75, 3.05) is 32.1 Å². The smallest absolute Gasteiger partial charge is 0.292 e. The standard InChI is InChI=1S/C13H17N3O4/c1-20-10-4-5-12(16(18)19)11(8-10)14-9-13(17)15-6-2-3-7-15/h4-5,8,14H,2-3,6-7,9H2,1H3. The second-order valence-corrected chi connectivity index (χ2v) is 4.58. The van der Waals surface area contributed by atoms with Crippen molar-refractivity contribution < 1.29 is 14.5 Å². The Kier molecular flexibility index (Phi) is 4.39. The Bertz CT molecular complexity index is 512. The molecule has 1 N–H and O–H groups in total. The Morgan fingerprint density at radius 1 is 1.45 bits per heavy atom. The highest BCUT2D eigenvalue weighted by Gasteiger charge is 2.19. The van der Waals surface area contributed by atoms with Gasteiger partial charge in [-0.1, -0.05) is 0 Å². The molecule has 20 heavy (non-hydrogen) atoms. The second-order valence-electron chi connectivity index (χ2n) is 4.58. The monoisotopic (exact) mass is 279 g/mol. The Labute approximate surface area is 116 Å². The van der Waals surface area contributed by atoms with E-state index in [2.05, 4.69) is 5.32 Å². The molecule has 0 spiro atoms. The van der Waals surface area contributed by atoms with E-state index in [9.17, 15) is 14.9 Å². The molecule has 0 saturated carbocycles. The van der Waals surface area contributed by atoms with E-state index in [1.165, 1.54) is 25.3 Å². The molecule has 0 radical (unpaired) electrons. The minimum Gasteiger partial charge on any atom is -0.497 e. The molecule has 1 aliphatic heterocycles. The number of hydrogen-bond acceptors (Lipinski definition) is 5. The number of likely N-dealkylation sites (tertiary alicyclic amines) is 1. The number of nitro benzene ring substituents is 1. The van der Waals surface area contributed by atoms with Crippen LogP contribution in [-0.4, -0.2) is 42.5 Å².